The van der Waals surface area contributed by atoms with Gasteiger partial charge in [-0.05, 0) is 35.0 Å². The molecule has 2 aromatic carbocycles. The molecule has 4 rings (SSSR count). The first-order valence-corrected chi connectivity index (χ1v) is 9.34. The summed E-state index contributed by atoms with van der Waals surface area (Å²) in [5, 5.41) is 2.95. The highest BCUT2D eigenvalue weighted by Gasteiger charge is 2.18. The number of anilines is 1. The monoisotopic (exact) mass is 411 g/mol. The Morgan fingerprint density at radius 1 is 1.12 bits per heavy atom. The fourth-order valence-corrected chi connectivity index (χ4v) is 4.04. The normalized spacial score (nSPS) is 11.0. The Hall–Kier alpha value is -2.44. The molecule has 0 saturated carbocycles. The number of nitrogens with one attached hydrogen (secondary N) is 1. The van der Waals surface area contributed by atoms with E-state index in [1.54, 1.807) is 0 Å². The number of fused-ring (bicyclic) bond motifs is 1. The number of thiazole rings is 1. The van der Waals surface area contributed by atoms with Crippen LogP contribution in [0, 0.1) is 6.92 Å². The molecule has 0 aliphatic heterocycles. The minimum absolute atomic E-state index is 0.124. The minimum Gasteiger partial charge on any atom is -0.320 e. The largest absolute Gasteiger partial charge is 0.320 e. The number of imidazole rings is 1. The Kier molecular flexibility index (Phi) is 4.15. The molecule has 2 aromatic heterocycles. The summed E-state index contributed by atoms with van der Waals surface area (Å²) in [6.07, 6.45) is 1.98. The number of nitrogens with zero attached hydrogens (tertiary/aromatic N) is 2. The third kappa shape index (κ3) is 2.99. The summed E-state index contributed by atoms with van der Waals surface area (Å²) in [6, 6.07) is 17.6. The van der Waals surface area contributed by atoms with Crippen molar-refractivity contribution in [2.45, 2.75) is 6.92 Å². The lowest BCUT2D eigenvalue weighted by Gasteiger charge is -2.06. The van der Waals surface area contributed by atoms with Gasteiger partial charge in [-0.2, -0.15) is 0 Å². The molecule has 25 heavy (non-hydrogen) atoms. The van der Waals surface area contributed by atoms with Gasteiger partial charge in [-0.1, -0.05) is 53.8 Å². The number of carbonyl (C=O) groups excluding carboxylic acids is 1. The number of amides is 1. The van der Waals surface area contributed by atoms with Gasteiger partial charge in [0.25, 0.3) is 5.91 Å². The molecule has 0 atom stereocenters. The molecule has 4 aromatic rings. The first-order valence-electron chi connectivity index (χ1n) is 7.73. The lowest BCUT2D eigenvalue weighted by atomic mass is 10.2. The zero-order valence-corrected chi connectivity index (χ0v) is 15.8. The van der Waals surface area contributed by atoms with E-state index in [4.69, 9.17) is 0 Å². The van der Waals surface area contributed by atoms with Crippen molar-refractivity contribution in [2.24, 2.45) is 0 Å². The maximum absolute atomic E-state index is 12.6. The van der Waals surface area contributed by atoms with Gasteiger partial charge in [-0.3, -0.25) is 9.20 Å². The Morgan fingerprint density at radius 3 is 2.56 bits per heavy atom. The molecule has 6 heteroatoms. The molecule has 0 aliphatic carbocycles. The summed E-state index contributed by atoms with van der Waals surface area (Å²) in [5.74, 6) is -0.124. The van der Waals surface area contributed by atoms with E-state index in [0.29, 0.717) is 4.88 Å². The van der Waals surface area contributed by atoms with Gasteiger partial charge in [0.2, 0.25) is 0 Å². The van der Waals surface area contributed by atoms with E-state index in [0.717, 1.165) is 32.1 Å². The van der Waals surface area contributed by atoms with Crippen LogP contribution in [0.25, 0.3) is 16.2 Å². The maximum atomic E-state index is 12.6. The van der Waals surface area contributed by atoms with Crippen molar-refractivity contribution in [3.63, 3.8) is 0 Å². The van der Waals surface area contributed by atoms with Gasteiger partial charge in [0.05, 0.1) is 11.4 Å². The van der Waals surface area contributed by atoms with Gasteiger partial charge in [0, 0.05) is 21.9 Å². The van der Waals surface area contributed by atoms with Gasteiger partial charge in [-0.15, -0.1) is 0 Å². The molecule has 2 heterocycles. The summed E-state index contributed by atoms with van der Waals surface area (Å²) in [4.78, 5) is 18.8. The van der Waals surface area contributed by atoms with E-state index in [2.05, 4.69) is 26.2 Å². The zero-order valence-electron chi connectivity index (χ0n) is 13.4. The Morgan fingerprint density at radius 2 is 1.84 bits per heavy atom. The number of aromatic nitrogens is 2. The molecule has 0 unspecified atom stereocenters. The molecular weight excluding hydrogens is 398 g/mol. The smallest absolute Gasteiger partial charge is 0.267 e. The standard InChI is InChI=1S/C19H14BrN3OS/c1-12-17(18(24)21-15-10-6-5-9-14(15)20)25-19-22-16(11-23(12)19)13-7-3-2-4-8-13/h2-11H,1H3,(H,21,24). The quantitative estimate of drug-likeness (QED) is 0.491. The number of aryl methyl sites for hydroxylation is 1. The molecular formula is C19H14BrN3OS. The topological polar surface area (TPSA) is 46.4 Å². The van der Waals surface area contributed by atoms with Gasteiger partial charge >= 0.3 is 0 Å². The van der Waals surface area contributed by atoms with Crippen LogP contribution in [0.1, 0.15) is 15.4 Å². The summed E-state index contributed by atoms with van der Waals surface area (Å²) in [7, 11) is 0. The van der Waals surface area contributed by atoms with Gasteiger partial charge in [0.15, 0.2) is 4.96 Å². The number of rotatable bonds is 3. The van der Waals surface area contributed by atoms with Crippen molar-refractivity contribution in [1.82, 2.24) is 9.38 Å². The number of para-hydroxylation sites is 1. The van der Waals surface area contributed by atoms with Crippen molar-refractivity contribution < 1.29 is 4.79 Å². The van der Waals surface area contributed by atoms with Gasteiger partial charge < -0.3 is 5.32 Å². The second-order valence-corrected chi connectivity index (χ2v) is 7.43. The second kappa shape index (κ2) is 6.46. The summed E-state index contributed by atoms with van der Waals surface area (Å²) < 4.78 is 2.83. The molecule has 124 valence electrons. The van der Waals surface area contributed by atoms with Gasteiger partial charge in [-0.25, -0.2) is 4.98 Å². The van der Waals surface area contributed by atoms with Crippen LogP contribution in [0.3, 0.4) is 0 Å². The fourth-order valence-electron chi connectivity index (χ4n) is 2.65. The van der Waals surface area contributed by atoms with Crippen LogP contribution in [0.5, 0.6) is 0 Å². The van der Waals surface area contributed by atoms with E-state index in [1.807, 2.05) is 72.1 Å². The van der Waals surface area contributed by atoms with E-state index in [1.165, 1.54) is 11.3 Å². The Balaban J connectivity index is 1.67. The van der Waals surface area contributed by atoms with Crippen LogP contribution in [0.2, 0.25) is 0 Å². The van der Waals surface area contributed by atoms with E-state index >= 15 is 0 Å². The van der Waals surface area contributed by atoms with Crippen molar-refractivity contribution in [3.05, 3.63) is 75.8 Å². The van der Waals surface area contributed by atoms with Crippen molar-refractivity contribution in [2.75, 3.05) is 5.32 Å². The highest BCUT2D eigenvalue weighted by molar-refractivity contribution is 9.10. The molecule has 0 aliphatic rings. The average molecular weight is 412 g/mol. The molecule has 4 nitrogen and oxygen atoms in total. The summed E-state index contributed by atoms with van der Waals surface area (Å²) >= 11 is 4.85. The van der Waals surface area contributed by atoms with Crippen molar-refractivity contribution in [3.8, 4) is 11.3 Å². The van der Waals surface area contributed by atoms with Crippen LogP contribution in [0.15, 0.2) is 65.3 Å². The molecule has 0 saturated heterocycles. The predicted molar refractivity (Wildman–Crippen MR) is 105 cm³/mol. The minimum atomic E-state index is -0.124. The molecule has 0 fully saturated rings. The van der Waals surface area contributed by atoms with Crippen LogP contribution < -0.4 is 5.32 Å². The predicted octanol–water partition coefficient (Wildman–Crippen LogP) is 5.39. The second-order valence-electron chi connectivity index (χ2n) is 5.60. The Bertz CT molecular complexity index is 1070. The molecule has 1 amide bonds. The lowest BCUT2D eigenvalue weighted by Crippen LogP contribution is -2.12. The van der Waals surface area contributed by atoms with Crippen molar-refractivity contribution in [1.29, 1.82) is 0 Å². The number of carbonyl (C=O) groups is 1. The van der Waals surface area contributed by atoms with E-state index < -0.39 is 0 Å². The molecule has 0 radical (unpaired) electrons. The first kappa shape index (κ1) is 16.1. The van der Waals surface area contributed by atoms with Gasteiger partial charge in [0.1, 0.15) is 4.88 Å². The van der Waals surface area contributed by atoms with E-state index in [-0.39, 0.29) is 5.91 Å². The number of halogens is 1. The zero-order chi connectivity index (χ0) is 17.4. The molecule has 0 bridgehead atoms. The fraction of sp³-hybridized carbons (Fsp3) is 0.0526. The highest BCUT2D eigenvalue weighted by atomic mass is 79.9. The number of hydrogen-bond donors (Lipinski definition) is 1. The van der Waals surface area contributed by atoms with Crippen LogP contribution in [0.4, 0.5) is 5.69 Å². The molecule has 0 spiro atoms. The number of benzene rings is 2. The lowest BCUT2D eigenvalue weighted by molar-refractivity contribution is 0.102. The van der Waals surface area contributed by atoms with Crippen LogP contribution in [-0.2, 0) is 0 Å². The summed E-state index contributed by atoms with van der Waals surface area (Å²) in [5.41, 5.74) is 3.62. The first-order chi connectivity index (χ1) is 12.1. The van der Waals surface area contributed by atoms with Crippen molar-refractivity contribution >= 4 is 43.8 Å². The average Bonchev–Trinajstić information content (AvgIpc) is 3.17. The van der Waals surface area contributed by atoms with E-state index in [9.17, 15) is 4.79 Å². The van der Waals surface area contributed by atoms with Crippen LogP contribution in [-0.4, -0.2) is 15.3 Å². The third-order valence-corrected chi connectivity index (χ3v) is 5.80. The SMILES string of the molecule is Cc1c(C(=O)Nc2ccccc2Br)sc2nc(-c3ccccc3)cn12. The maximum Gasteiger partial charge on any atom is 0.267 e. The van der Waals surface area contributed by atoms with Crippen LogP contribution >= 0.6 is 27.3 Å². The summed E-state index contributed by atoms with van der Waals surface area (Å²) in [6.45, 7) is 1.94. The molecule has 1 N–H and O–H groups in total. The highest BCUT2D eigenvalue weighted by Crippen LogP contribution is 2.28. The number of hydrogen-bond acceptors (Lipinski definition) is 3. The Labute approximate surface area is 157 Å². The third-order valence-electron chi connectivity index (χ3n) is 3.95.